The van der Waals surface area contributed by atoms with E-state index in [9.17, 15) is 22.4 Å². The molecule has 0 radical (unpaired) electrons. The van der Waals surface area contributed by atoms with E-state index in [1.165, 1.54) is 42.6 Å². The minimum Gasteiger partial charge on any atom is -0.388 e. The standard InChI is InChI=1S/C18H12F4N4O2.C2H6/c19-11-3-5-12(6-4-11)25-16-14(2-1-9-23-16)17(27)26-13-7-8-15(24-10-13)28-18(20,21)22;1-2/h1-10H,(H,23,25)(H,26,27);1-2H3. The molecule has 3 rings (SSSR count). The minimum absolute atomic E-state index is 0.163. The van der Waals surface area contributed by atoms with Gasteiger partial charge in [-0.2, -0.15) is 0 Å². The van der Waals surface area contributed by atoms with Gasteiger partial charge in [-0.15, -0.1) is 13.2 Å². The van der Waals surface area contributed by atoms with Crippen molar-refractivity contribution in [2.45, 2.75) is 20.2 Å². The van der Waals surface area contributed by atoms with Gasteiger partial charge in [0.2, 0.25) is 5.88 Å². The molecular weight excluding hydrogens is 404 g/mol. The molecule has 0 bridgehead atoms. The molecule has 0 aliphatic rings. The van der Waals surface area contributed by atoms with Gasteiger partial charge in [-0.05, 0) is 42.5 Å². The number of amides is 1. The van der Waals surface area contributed by atoms with E-state index in [2.05, 4.69) is 25.3 Å². The Morgan fingerprint density at radius 1 is 0.967 bits per heavy atom. The fourth-order valence-corrected chi connectivity index (χ4v) is 2.19. The highest BCUT2D eigenvalue weighted by Gasteiger charge is 2.31. The van der Waals surface area contributed by atoms with E-state index in [0.29, 0.717) is 5.69 Å². The molecule has 3 aromatic rings. The zero-order chi connectivity index (χ0) is 22.1. The molecular formula is C20H18F4N4O2. The molecule has 0 saturated carbocycles. The average Bonchev–Trinajstić information content (AvgIpc) is 2.72. The Morgan fingerprint density at radius 3 is 2.23 bits per heavy atom. The van der Waals surface area contributed by atoms with Crippen LogP contribution in [0, 0.1) is 5.82 Å². The van der Waals surface area contributed by atoms with E-state index in [1.807, 2.05) is 13.8 Å². The Morgan fingerprint density at radius 2 is 1.63 bits per heavy atom. The number of anilines is 3. The lowest BCUT2D eigenvalue weighted by Crippen LogP contribution is -2.18. The van der Waals surface area contributed by atoms with Gasteiger partial charge in [-0.25, -0.2) is 14.4 Å². The summed E-state index contributed by atoms with van der Waals surface area (Å²) in [5.41, 5.74) is 0.850. The SMILES string of the molecule is CC.O=C(Nc1ccc(OC(F)(F)F)nc1)c1cccnc1Nc1ccc(F)cc1. The van der Waals surface area contributed by atoms with Gasteiger partial charge in [0, 0.05) is 18.0 Å². The van der Waals surface area contributed by atoms with Crippen molar-refractivity contribution in [2.75, 3.05) is 10.6 Å². The summed E-state index contributed by atoms with van der Waals surface area (Å²) >= 11 is 0. The Bertz CT molecular complexity index is 962. The number of benzene rings is 1. The maximum atomic E-state index is 13.0. The molecule has 0 spiro atoms. The third kappa shape index (κ3) is 6.73. The summed E-state index contributed by atoms with van der Waals surface area (Å²) in [4.78, 5) is 20.1. The minimum atomic E-state index is -4.85. The Balaban J connectivity index is 0.00000155. The number of halogens is 4. The van der Waals surface area contributed by atoms with Crippen LogP contribution in [0.25, 0.3) is 0 Å². The summed E-state index contributed by atoms with van der Waals surface area (Å²) in [6.45, 7) is 4.00. The van der Waals surface area contributed by atoms with Gasteiger partial charge in [0.1, 0.15) is 11.6 Å². The summed E-state index contributed by atoms with van der Waals surface area (Å²) in [5, 5.41) is 5.41. The molecule has 0 saturated heterocycles. The van der Waals surface area contributed by atoms with Gasteiger partial charge >= 0.3 is 6.36 Å². The molecule has 10 heteroatoms. The second kappa shape index (κ2) is 10.2. The van der Waals surface area contributed by atoms with Crippen LogP contribution in [-0.2, 0) is 0 Å². The van der Waals surface area contributed by atoms with Gasteiger partial charge in [-0.1, -0.05) is 13.8 Å². The van der Waals surface area contributed by atoms with E-state index >= 15 is 0 Å². The molecule has 1 aromatic carbocycles. The van der Waals surface area contributed by atoms with Crippen LogP contribution in [0.15, 0.2) is 60.9 Å². The quantitative estimate of drug-likeness (QED) is 0.529. The lowest BCUT2D eigenvalue weighted by atomic mass is 10.2. The smallest absolute Gasteiger partial charge is 0.388 e. The van der Waals surface area contributed by atoms with E-state index in [1.54, 1.807) is 6.07 Å². The summed E-state index contributed by atoms with van der Waals surface area (Å²) < 4.78 is 53.1. The molecule has 0 aliphatic heterocycles. The highest BCUT2D eigenvalue weighted by atomic mass is 19.4. The summed E-state index contributed by atoms with van der Waals surface area (Å²) in [7, 11) is 0. The van der Waals surface area contributed by atoms with Gasteiger partial charge in [0.25, 0.3) is 5.91 Å². The third-order valence-corrected chi connectivity index (χ3v) is 3.37. The molecule has 0 aliphatic carbocycles. The number of hydrogen-bond acceptors (Lipinski definition) is 5. The van der Waals surface area contributed by atoms with Gasteiger partial charge in [0.15, 0.2) is 0 Å². The molecule has 2 heterocycles. The number of carbonyl (C=O) groups is 1. The molecule has 158 valence electrons. The number of aromatic nitrogens is 2. The number of ether oxygens (including phenoxy) is 1. The number of hydrogen-bond donors (Lipinski definition) is 2. The Hall–Kier alpha value is -3.69. The number of nitrogens with one attached hydrogen (secondary N) is 2. The Labute approximate surface area is 169 Å². The molecule has 6 nitrogen and oxygen atoms in total. The Kier molecular flexibility index (Phi) is 7.68. The van der Waals surface area contributed by atoms with Crippen LogP contribution in [0.5, 0.6) is 5.88 Å². The van der Waals surface area contributed by atoms with Gasteiger partial charge in [-0.3, -0.25) is 4.79 Å². The first-order valence-corrected chi connectivity index (χ1v) is 8.81. The number of alkyl halides is 3. The zero-order valence-corrected chi connectivity index (χ0v) is 16.0. The number of carbonyl (C=O) groups excluding carboxylic acids is 1. The van der Waals surface area contributed by atoms with Crippen LogP contribution in [-0.4, -0.2) is 22.2 Å². The van der Waals surface area contributed by atoms with Crippen molar-refractivity contribution < 1.29 is 27.1 Å². The molecule has 0 atom stereocenters. The van der Waals surface area contributed by atoms with E-state index in [4.69, 9.17) is 0 Å². The molecule has 0 unspecified atom stereocenters. The van der Waals surface area contributed by atoms with Crippen molar-refractivity contribution in [1.82, 2.24) is 9.97 Å². The molecule has 2 N–H and O–H groups in total. The van der Waals surface area contributed by atoms with E-state index in [-0.39, 0.29) is 17.1 Å². The predicted molar refractivity (Wildman–Crippen MR) is 104 cm³/mol. The third-order valence-electron chi connectivity index (χ3n) is 3.37. The maximum Gasteiger partial charge on any atom is 0.574 e. The summed E-state index contributed by atoms with van der Waals surface area (Å²) in [6.07, 6.45) is -2.36. The highest BCUT2D eigenvalue weighted by molar-refractivity contribution is 6.07. The lowest BCUT2D eigenvalue weighted by molar-refractivity contribution is -0.276. The maximum absolute atomic E-state index is 13.0. The lowest BCUT2D eigenvalue weighted by Gasteiger charge is -2.12. The van der Waals surface area contributed by atoms with Crippen LogP contribution < -0.4 is 15.4 Å². The molecule has 1 amide bonds. The highest BCUT2D eigenvalue weighted by Crippen LogP contribution is 2.23. The first kappa shape index (κ1) is 22.6. The number of rotatable bonds is 5. The largest absolute Gasteiger partial charge is 0.574 e. The molecule has 2 aromatic heterocycles. The number of pyridine rings is 2. The van der Waals surface area contributed by atoms with Gasteiger partial charge < -0.3 is 15.4 Å². The first-order valence-electron chi connectivity index (χ1n) is 8.81. The van der Waals surface area contributed by atoms with Crippen molar-refractivity contribution in [3.63, 3.8) is 0 Å². The molecule has 30 heavy (non-hydrogen) atoms. The average molecular weight is 422 g/mol. The van der Waals surface area contributed by atoms with Crippen molar-refractivity contribution >= 4 is 23.1 Å². The fourth-order valence-electron chi connectivity index (χ4n) is 2.19. The number of nitrogens with zero attached hydrogens (tertiary/aromatic N) is 2. The van der Waals surface area contributed by atoms with Gasteiger partial charge in [0.05, 0.1) is 17.4 Å². The normalized spacial score (nSPS) is 10.5. The van der Waals surface area contributed by atoms with Crippen LogP contribution in [0.4, 0.5) is 34.8 Å². The summed E-state index contributed by atoms with van der Waals surface area (Å²) in [5.74, 6) is -1.40. The predicted octanol–water partition coefficient (Wildman–Crippen LogP) is 5.54. The van der Waals surface area contributed by atoms with Crippen molar-refractivity contribution in [3.8, 4) is 5.88 Å². The first-order chi connectivity index (χ1) is 14.3. The van der Waals surface area contributed by atoms with Crippen LogP contribution in [0.1, 0.15) is 24.2 Å². The van der Waals surface area contributed by atoms with Crippen molar-refractivity contribution in [2.24, 2.45) is 0 Å². The van der Waals surface area contributed by atoms with E-state index in [0.717, 1.165) is 12.3 Å². The van der Waals surface area contributed by atoms with Crippen LogP contribution >= 0.6 is 0 Å². The molecule has 0 fully saturated rings. The van der Waals surface area contributed by atoms with Crippen LogP contribution in [0.3, 0.4) is 0 Å². The second-order valence-electron chi connectivity index (χ2n) is 5.42. The topological polar surface area (TPSA) is 76.1 Å². The second-order valence-corrected chi connectivity index (χ2v) is 5.42. The van der Waals surface area contributed by atoms with E-state index < -0.39 is 24.0 Å². The van der Waals surface area contributed by atoms with Crippen molar-refractivity contribution in [1.29, 1.82) is 0 Å². The fraction of sp³-hybridized carbons (Fsp3) is 0.150. The van der Waals surface area contributed by atoms with Crippen molar-refractivity contribution in [3.05, 3.63) is 72.3 Å². The van der Waals surface area contributed by atoms with Crippen LogP contribution in [0.2, 0.25) is 0 Å². The monoisotopic (exact) mass is 422 g/mol. The summed E-state index contributed by atoms with van der Waals surface area (Å²) in [6, 6.07) is 10.7. The zero-order valence-electron chi connectivity index (χ0n) is 16.0.